The summed E-state index contributed by atoms with van der Waals surface area (Å²) in [7, 11) is 1.41. The van der Waals surface area contributed by atoms with Gasteiger partial charge < -0.3 is 19.2 Å². The standard InChI is InChI=1S/C32H21Cl2FN4O5/c1-42-27-13-18(12-22(34)30(27)43-17-29(40)37-25-9-5-3-7-23(25)35)16-36-39-31(38-24-8-4-2-6-21(24)32(39)41)28-15-19-14-20(33)10-11-26(19)44-28/h2-16H,17H2,1H3,(H,37,40). The van der Waals surface area contributed by atoms with E-state index in [2.05, 4.69) is 15.4 Å². The van der Waals surface area contributed by atoms with Crippen LogP contribution in [-0.4, -0.2) is 35.5 Å². The number of nitrogens with zero attached hydrogens (tertiary/aromatic N) is 3. The molecule has 44 heavy (non-hydrogen) atoms. The molecule has 0 saturated heterocycles. The lowest BCUT2D eigenvalue weighted by atomic mass is 10.2. The second-order valence-corrected chi connectivity index (χ2v) is 10.3. The molecule has 0 unspecified atom stereocenters. The van der Waals surface area contributed by atoms with Gasteiger partial charge in [0.05, 0.1) is 34.9 Å². The summed E-state index contributed by atoms with van der Waals surface area (Å²) in [5, 5.41) is 8.63. The van der Waals surface area contributed by atoms with E-state index >= 15 is 0 Å². The van der Waals surface area contributed by atoms with Gasteiger partial charge >= 0.3 is 0 Å². The van der Waals surface area contributed by atoms with Crippen molar-refractivity contribution in [3.05, 3.63) is 117 Å². The average Bonchev–Trinajstić information content (AvgIpc) is 3.44. The van der Waals surface area contributed by atoms with E-state index in [9.17, 15) is 14.0 Å². The van der Waals surface area contributed by atoms with Gasteiger partial charge in [0.25, 0.3) is 11.5 Å². The predicted octanol–water partition coefficient (Wildman–Crippen LogP) is 7.16. The first kappa shape index (κ1) is 28.9. The third-order valence-corrected chi connectivity index (χ3v) is 7.04. The first-order valence-corrected chi connectivity index (χ1v) is 13.9. The second-order valence-electron chi connectivity index (χ2n) is 9.46. The van der Waals surface area contributed by atoms with Crippen LogP contribution in [0.15, 0.2) is 99.2 Å². The van der Waals surface area contributed by atoms with Crippen LogP contribution in [-0.2, 0) is 4.79 Å². The Kier molecular flexibility index (Phi) is 8.01. The maximum absolute atomic E-state index is 13.9. The maximum atomic E-state index is 13.9. The summed E-state index contributed by atoms with van der Waals surface area (Å²) in [5.41, 5.74) is 1.10. The SMILES string of the molecule is COc1cc(C=Nn2c(-c3cc4cc(Cl)ccc4o3)nc3ccccc3c2=O)cc(Cl)c1OCC(=O)Nc1ccccc1F. The molecule has 0 radical (unpaired) electrons. The summed E-state index contributed by atoms with van der Waals surface area (Å²) in [6.45, 7) is -0.456. The molecule has 4 aromatic carbocycles. The molecule has 2 aromatic heterocycles. The van der Waals surface area contributed by atoms with Crippen molar-refractivity contribution in [3.8, 4) is 23.1 Å². The van der Waals surface area contributed by atoms with E-state index in [4.69, 9.17) is 37.1 Å². The van der Waals surface area contributed by atoms with Crippen LogP contribution < -0.4 is 20.3 Å². The monoisotopic (exact) mass is 630 g/mol. The summed E-state index contributed by atoms with van der Waals surface area (Å²) in [5.74, 6) is -0.375. The number of nitrogens with one attached hydrogen (secondary N) is 1. The van der Waals surface area contributed by atoms with Crippen molar-refractivity contribution in [1.29, 1.82) is 0 Å². The Bertz CT molecular complexity index is 2140. The van der Waals surface area contributed by atoms with E-state index < -0.39 is 23.9 Å². The molecule has 0 saturated carbocycles. The Labute approximate surface area is 259 Å². The highest BCUT2D eigenvalue weighted by molar-refractivity contribution is 6.32. The van der Waals surface area contributed by atoms with E-state index in [1.54, 1.807) is 60.7 Å². The van der Waals surface area contributed by atoms with Gasteiger partial charge in [0.1, 0.15) is 11.4 Å². The summed E-state index contributed by atoms with van der Waals surface area (Å²) in [6.07, 6.45) is 1.41. The summed E-state index contributed by atoms with van der Waals surface area (Å²) in [6, 6.07) is 22.7. The molecule has 0 aliphatic carbocycles. The number of amides is 1. The number of ether oxygens (including phenoxy) is 2. The van der Waals surface area contributed by atoms with Gasteiger partial charge in [-0.25, -0.2) is 9.37 Å². The van der Waals surface area contributed by atoms with Gasteiger partial charge in [-0.1, -0.05) is 47.5 Å². The molecule has 0 fully saturated rings. The predicted molar refractivity (Wildman–Crippen MR) is 168 cm³/mol. The van der Waals surface area contributed by atoms with Crippen LogP contribution in [0.25, 0.3) is 33.5 Å². The molecular weight excluding hydrogens is 610 g/mol. The van der Waals surface area contributed by atoms with Gasteiger partial charge in [0.15, 0.2) is 23.9 Å². The van der Waals surface area contributed by atoms with E-state index in [1.165, 1.54) is 37.6 Å². The lowest BCUT2D eigenvalue weighted by Crippen LogP contribution is -2.21. The quantitative estimate of drug-likeness (QED) is 0.179. The second kappa shape index (κ2) is 12.2. The molecule has 6 rings (SSSR count). The van der Waals surface area contributed by atoms with Crippen molar-refractivity contribution < 1.29 is 23.1 Å². The molecule has 0 spiro atoms. The summed E-state index contributed by atoms with van der Waals surface area (Å²) < 4.78 is 32.1. The number of carbonyl (C=O) groups excluding carboxylic acids is 1. The number of hydrogen-bond donors (Lipinski definition) is 1. The third kappa shape index (κ3) is 5.85. The van der Waals surface area contributed by atoms with Crippen LogP contribution in [0.4, 0.5) is 10.1 Å². The maximum Gasteiger partial charge on any atom is 0.282 e. The number of methoxy groups -OCH3 is 1. The minimum absolute atomic E-state index is 0.0231. The van der Waals surface area contributed by atoms with Crippen LogP contribution in [0.2, 0.25) is 10.0 Å². The Hall–Kier alpha value is -5.19. The van der Waals surface area contributed by atoms with Crippen LogP contribution >= 0.6 is 23.2 Å². The molecule has 9 nitrogen and oxygen atoms in total. The van der Waals surface area contributed by atoms with Crippen molar-refractivity contribution in [3.63, 3.8) is 0 Å². The number of aromatic nitrogens is 2. The summed E-state index contributed by atoms with van der Waals surface area (Å²) >= 11 is 12.6. The number of furan rings is 1. The molecule has 6 aromatic rings. The zero-order valence-corrected chi connectivity index (χ0v) is 24.4. The topological polar surface area (TPSA) is 108 Å². The molecule has 0 aliphatic heterocycles. The average molecular weight is 631 g/mol. The summed E-state index contributed by atoms with van der Waals surface area (Å²) in [4.78, 5) is 30.6. The van der Waals surface area contributed by atoms with Gasteiger partial charge in [-0.3, -0.25) is 9.59 Å². The molecule has 2 heterocycles. The van der Waals surface area contributed by atoms with Gasteiger partial charge in [0, 0.05) is 10.4 Å². The van der Waals surface area contributed by atoms with Crippen LogP contribution in [0, 0.1) is 5.82 Å². The van der Waals surface area contributed by atoms with Crippen molar-refractivity contribution in [1.82, 2.24) is 9.66 Å². The van der Waals surface area contributed by atoms with Crippen molar-refractivity contribution in [2.45, 2.75) is 0 Å². The van der Waals surface area contributed by atoms with Gasteiger partial charge in [-0.05, 0) is 66.2 Å². The fourth-order valence-electron chi connectivity index (χ4n) is 4.48. The minimum Gasteiger partial charge on any atom is -0.493 e. The lowest BCUT2D eigenvalue weighted by molar-refractivity contribution is -0.118. The van der Waals surface area contributed by atoms with Crippen molar-refractivity contribution >= 4 is 62.9 Å². The van der Waals surface area contributed by atoms with Gasteiger partial charge in [-0.2, -0.15) is 9.78 Å². The lowest BCUT2D eigenvalue weighted by Gasteiger charge is -2.13. The molecular formula is C32H21Cl2FN4O5. The Morgan fingerprint density at radius 1 is 1.07 bits per heavy atom. The van der Waals surface area contributed by atoms with Crippen molar-refractivity contribution in [2.24, 2.45) is 5.10 Å². The zero-order valence-electron chi connectivity index (χ0n) is 22.9. The minimum atomic E-state index is -0.595. The number of halogens is 3. The fourth-order valence-corrected chi connectivity index (χ4v) is 4.93. The van der Waals surface area contributed by atoms with Crippen LogP contribution in [0.5, 0.6) is 11.5 Å². The van der Waals surface area contributed by atoms with Crippen LogP contribution in [0.3, 0.4) is 0 Å². The van der Waals surface area contributed by atoms with E-state index in [-0.39, 0.29) is 28.0 Å². The van der Waals surface area contributed by atoms with Gasteiger partial charge in [-0.15, -0.1) is 0 Å². The van der Waals surface area contributed by atoms with E-state index in [0.29, 0.717) is 32.8 Å². The number of fused-ring (bicyclic) bond motifs is 2. The Balaban J connectivity index is 1.32. The number of benzene rings is 4. The molecule has 0 aliphatic rings. The van der Waals surface area contributed by atoms with E-state index in [1.807, 2.05) is 0 Å². The van der Waals surface area contributed by atoms with Crippen LogP contribution in [0.1, 0.15) is 5.56 Å². The number of para-hydroxylation sites is 2. The van der Waals surface area contributed by atoms with Gasteiger partial charge in [0.2, 0.25) is 5.82 Å². The highest BCUT2D eigenvalue weighted by atomic mass is 35.5. The number of rotatable bonds is 8. The highest BCUT2D eigenvalue weighted by Crippen LogP contribution is 2.36. The Morgan fingerprint density at radius 2 is 1.86 bits per heavy atom. The normalized spacial score (nSPS) is 11.4. The Morgan fingerprint density at radius 3 is 2.68 bits per heavy atom. The first-order valence-electron chi connectivity index (χ1n) is 13.1. The largest absolute Gasteiger partial charge is 0.493 e. The van der Waals surface area contributed by atoms with E-state index in [0.717, 1.165) is 10.1 Å². The highest BCUT2D eigenvalue weighted by Gasteiger charge is 2.18. The number of carbonyl (C=O) groups is 1. The molecule has 1 N–H and O–H groups in total. The smallest absolute Gasteiger partial charge is 0.282 e. The molecule has 1 amide bonds. The number of hydrogen-bond acceptors (Lipinski definition) is 7. The number of anilines is 1. The fraction of sp³-hybridized carbons (Fsp3) is 0.0625. The van der Waals surface area contributed by atoms with Crippen molar-refractivity contribution in [2.75, 3.05) is 19.0 Å². The first-order chi connectivity index (χ1) is 21.3. The molecule has 0 bridgehead atoms. The molecule has 12 heteroatoms. The third-order valence-electron chi connectivity index (χ3n) is 6.52. The zero-order chi connectivity index (χ0) is 30.8. The molecule has 0 atom stereocenters. The molecule has 220 valence electrons.